The number of ketones is 1. The van der Waals surface area contributed by atoms with E-state index >= 15 is 0 Å². The second kappa shape index (κ2) is 6.77. The van der Waals surface area contributed by atoms with E-state index in [-0.39, 0.29) is 24.5 Å². The molecular weight excluding hydrogens is 362 g/mol. The highest BCUT2D eigenvalue weighted by molar-refractivity contribution is 6.21. The minimum absolute atomic E-state index is 0.0535. The van der Waals surface area contributed by atoms with Gasteiger partial charge in [0.25, 0.3) is 11.8 Å². The number of amides is 2. The zero-order chi connectivity index (χ0) is 19.8. The predicted molar refractivity (Wildman–Crippen MR) is 99.3 cm³/mol. The normalized spacial score (nSPS) is 13.1. The van der Waals surface area contributed by atoms with Crippen molar-refractivity contribution in [2.45, 2.75) is 13.5 Å². The molecule has 0 radical (unpaired) electrons. The van der Waals surface area contributed by atoms with Crippen molar-refractivity contribution in [3.05, 3.63) is 75.6 Å². The smallest absolute Gasteiger partial charge is 0.336 e. The summed E-state index contributed by atoms with van der Waals surface area (Å²) in [6, 6.07) is 12.7. The number of benzene rings is 2. The number of ether oxygens (including phenoxy) is 1. The maximum atomic E-state index is 12.6. The molecule has 0 N–H and O–H groups in total. The Balaban J connectivity index is 1.70. The molecule has 2 aromatic carbocycles. The van der Waals surface area contributed by atoms with Gasteiger partial charge in [0.05, 0.1) is 17.7 Å². The number of rotatable bonds is 5. The Morgan fingerprint density at radius 2 is 1.68 bits per heavy atom. The number of carbonyl (C=O) groups excluding carboxylic acids is 3. The summed E-state index contributed by atoms with van der Waals surface area (Å²) in [5, 5.41) is 0.575. The third-order valence-electron chi connectivity index (χ3n) is 4.45. The molecule has 0 aliphatic carbocycles. The zero-order valence-corrected chi connectivity index (χ0v) is 14.9. The van der Waals surface area contributed by atoms with Gasteiger partial charge in [0.1, 0.15) is 17.9 Å². The van der Waals surface area contributed by atoms with E-state index in [4.69, 9.17) is 9.15 Å². The number of hydrogen-bond acceptors (Lipinski definition) is 6. The van der Waals surface area contributed by atoms with E-state index in [2.05, 4.69) is 0 Å². The monoisotopic (exact) mass is 377 g/mol. The highest BCUT2D eigenvalue weighted by atomic mass is 16.5. The molecule has 0 unspecified atom stereocenters. The summed E-state index contributed by atoms with van der Waals surface area (Å²) in [5.41, 5.74) is 0.821. The lowest BCUT2D eigenvalue weighted by molar-refractivity contribution is -0.118. The van der Waals surface area contributed by atoms with E-state index < -0.39 is 17.4 Å². The molecule has 28 heavy (non-hydrogen) atoms. The highest BCUT2D eigenvalue weighted by Gasteiger charge is 2.35. The van der Waals surface area contributed by atoms with Gasteiger partial charge in [-0.1, -0.05) is 12.1 Å². The third kappa shape index (κ3) is 3.07. The Morgan fingerprint density at radius 1 is 1.00 bits per heavy atom. The molecule has 7 nitrogen and oxygen atoms in total. The first-order chi connectivity index (χ1) is 13.4. The average Bonchev–Trinajstić information content (AvgIpc) is 2.91. The first-order valence-electron chi connectivity index (χ1n) is 8.58. The van der Waals surface area contributed by atoms with Gasteiger partial charge in [-0.3, -0.25) is 19.3 Å². The van der Waals surface area contributed by atoms with Crippen LogP contribution in [0.15, 0.2) is 57.7 Å². The molecule has 0 saturated carbocycles. The maximum absolute atomic E-state index is 12.6. The first kappa shape index (κ1) is 17.7. The fraction of sp³-hybridized carbons (Fsp3) is 0.143. The molecule has 2 amide bonds. The highest BCUT2D eigenvalue weighted by Crippen LogP contribution is 2.28. The van der Waals surface area contributed by atoms with Gasteiger partial charge < -0.3 is 9.15 Å². The Labute approximate surface area is 159 Å². The molecule has 0 fully saturated rings. The lowest BCUT2D eigenvalue weighted by atomic mass is 10.1. The molecule has 3 aromatic rings. The summed E-state index contributed by atoms with van der Waals surface area (Å²) in [6.07, 6.45) is 0. The van der Waals surface area contributed by atoms with Crippen LogP contribution in [-0.2, 0) is 11.3 Å². The first-order valence-corrected chi connectivity index (χ1v) is 8.58. The number of hydrogen-bond donors (Lipinski definition) is 0. The standard InChI is InChI=1S/C21H15NO6/c1-12(23)11-27-14-6-7-15-13(8-19(24)28-18(15)9-14)10-22-20(25)16-4-2-3-5-17(16)21(22)26/h2-9H,10-11H2,1H3. The van der Waals surface area contributed by atoms with E-state index in [9.17, 15) is 19.2 Å². The van der Waals surface area contributed by atoms with E-state index in [0.29, 0.717) is 27.8 Å². The van der Waals surface area contributed by atoms with Gasteiger partial charge in [0.2, 0.25) is 0 Å². The van der Waals surface area contributed by atoms with E-state index in [1.54, 1.807) is 36.4 Å². The quantitative estimate of drug-likeness (QED) is 0.501. The number of Topliss-reactive ketones (excluding diaryl/α,β-unsaturated/α-hetero) is 1. The molecular formula is C21H15NO6. The SMILES string of the molecule is CC(=O)COc1ccc2c(CN3C(=O)c4ccccc4C3=O)cc(=O)oc2c1. The number of fused-ring (bicyclic) bond motifs is 2. The van der Waals surface area contributed by atoms with Gasteiger partial charge in [-0.15, -0.1) is 0 Å². The van der Waals surface area contributed by atoms with Crippen molar-refractivity contribution in [1.29, 1.82) is 0 Å². The van der Waals surface area contributed by atoms with Crippen LogP contribution in [0.1, 0.15) is 33.2 Å². The number of carbonyl (C=O) groups is 3. The Morgan fingerprint density at radius 3 is 2.32 bits per heavy atom. The molecule has 7 heteroatoms. The predicted octanol–water partition coefficient (Wildman–Crippen LogP) is 2.56. The minimum atomic E-state index is -0.608. The lowest BCUT2D eigenvalue weighted by Crippen LogP contribution is -2.29. The van der Waals surface area contributed by atoms with E-state index in [1.807, 2.05) is 0 Å². The van der Waals surface area contributed by atoms with Crippen molar-refractivity contribution < 1.29 is 23.5 Å². The largest absolute Gasteiger partial charge is 0.486 e. The van der Waals surface area contributed by atoms with Crippen molar-refractivity contribution in [1.82, 2.24) is 4.90 Å². The number of nitrogens with zero attached hydrogens (tertiary/aromatic N) is 1. The molecule has 0 spiro atoms. The van der Waals surface area contributed by atoms with Crippen LogP contribution in [0, 0.1) is 0 Å². The summed E-state index contributed by atoms with van der Waals surface area (Å²) in [6.45, 7) is 1.26. The third-order valence-corrected chi connectivity index (χ3v) is 4.45. The van der Waals surface area contributed by atoms with Gasteiger partial charge in [-0.05, 0) is 36.8 Å². The molecule has 0 atom stereocenters. The second-order valence-electron chi connectivity index (χ2n) is 6.48. The Hall–Kier alpha value is -3.74. The van der Waals surface area contributed by atoms with Gasteiger partial charge in [-0.25, -0.2) is 4.79 Å². The van der Waals surface area contributed by atoms with Crippen LogP contribution in [0.2, 0.25) is 0 Å². The van der Waals surface area contributed by atoms with Crippen LogP contribution in [0.25, 0.3) is 11.0 Å². The Bertz CT molecular complexity index is 1160. The maximum Gasteiger partial charge on any atom is 0.336 e. The molecule has 0 bridgehead atoms. The molecule has 4 rings (SSSR count). The molecule has 1 aliphatic heterocycles. The summed E-state index contributed by atoms with van der Waals surface area (Å²) in [4.78, 5) is 49.3. The molecule has 2 heterocycles. The van der Waals surface area contributed by atoms with E-state index in [0.717, 1.165) is 4.90 Å². The zero-order valence-electron chi connectivity index (χ0n) is 14.9. The van der Waals surface area contributed by atoms with Gasteiger partial charge in [0.15, 0.2) is 5.78 Å². The fourth-order valence-corrected chi connectivity index (χ4v) is 3.17. The van der Waals surface area contributed by atoms with Crippen molar-refractivity contribution in [2.75, 3.05) is 6.61 Å². The summed E-state index contributed by atoms with van der Waals surface area (Å²) in [7, 11) is 0. The van der Waals surface area contributed by atoms with Crippen LogP contribution < -0.4 is 10.4 Å². The summed E-state index contributed by atoms with van der Waals surface area (Å²) < 4.78 is 10.6. The summed E-state index contributed by atoms with van der Waals surface area (Å²) >= 11 is 0. The van der Waals surface area contributed by atoms with Crippen LogP contribution in [0.4, 0.5) is 0 Å². The molecule has 1 aliphatic rings. The number of imide groups is 1. The minimum Gasteiger partial charge on any atom is -0.486 e. The topological polar surface area (TPSA) is 93.9 Å². The van der Waals surface area contributed by atoms with Gasteiger partial charge in [0, 0.05) is 17.5 Å². The van der Waals surface area contributed by atoms with Crippen molar-refractivity contribution in [3.8, 4) is 5.75 Å². The van der Waals surface area contributed by atoms with Crippen molar-refractivity contribution in [3.63, 3.8) is 0 Å². The fourth-order valence-electron chi connectivity index (χ4n) is 3.17. The van der Waals surface area contributed by atoms with Crippen LogP contribution in [0.3, 0.4) is 0 Å². The molecule has 140 valence electrons. The van der Waals surface area contributed by atoms with Crippen LogP contribution >= 0.6 is 0 Å². The van der Waals surface area contributed by atoms with Gasteiger partial charge >= 0.3 is 5.63 Å². The van der Waals surface area contributed by atoms with Crippen molar-refractivity contribution in [2.24, 2.45) is 0 Å². The van der Waals surface area contributed by atoms with Crippen molar-refractivity contribution >= 4 is 28.6 Å². The average molecular weight is 377 g/mol. The lowest BCUT2D eigenvalue weighted by Gasteiger charge is -2.15. The van der Waals surface area contributed by atoms with Crippen LogP contribution in [0.5, 0.6) is 5.75 Å². The molecule has 1 aromatic heterocycles. The van der Waals surface area contributed by atoms with Crippen LogP contribution in [-0.4, -0.2) is 29.1 Å². The second-order valence-corrected chi connectivity index (χ2v) is 6.48. The molecule has 0 saturated heterocycles. The van der Waals surface area contributed by atoms with Gasteiger partial charge in [-0.2, -0.15) is 0 Å². The Kier molecular flexibility index (Phi) is 4.27. The summed E-state index contributed by atoms with van der Waals surface area (Å²) in [5.74, 6) is -0.559. The van der Waals surface area contributed by atoms with E-state index in [1.165, 1.54) is 19.1 Å².